The minimum atomic E-state index is -0.380. The molecular formula is C9H7NO3. The molecule has 0 saturated heterocycles. The van der Waals surface area contributed by atoms with E-state index >= 15 is 0 Å². The van der Waals surface area contributed by atoms with Crippen LogP contribution in [0.25, 0.3) is 5.01 Å². The molecule has 66 valence electrons. The Bertz CT molecular complexity index is 359. The number of carbonyl (C=O) groups is 1. The fourth-order valence-corrected chi connectivity index (χ4v) is 0.816. The van der Waals surface area contributed by atoms with Gasteiger partial charge in [-0.05, 0) is 24.3 Å². The monoisotopic (exact) mass is 177 g/mol. The highest BCUT2D eigenvalue weighted by Crippen LogP contribution is 2.11. The van der Waals surface area contributed by atoms with Crippen LogP contribution in [0.15, 0.2) is 24.3 Å². The second-order valence-corrected chi connectivity index (χ2v) is 2.32. The van der Waals surface area contributed by atoms with Gasteiger partial charge in [0.2, 0.25) is 0 Å². The molecule has 0 bridgehead atoms. The predicted molar refractivity (Wildman–Crippen MR) is 47.5 cm³/mol. The summed E-state index contributed by atoms with van der Waals surface area (Å²) in [6.45, 7) is 1.32. The lowest BCUT2D eigenvalue weighted by Gasteiger charge is -1.98. The number of ether oxygens (including phenoxy) is 1. The summed E-state index contributed by atoms with van der Waals surface area (Å²) in [6.07, 6.45) is 0. The summed E-state index contributed by atoms with van der Waals surface area (Å²) in [5.74, 6) is 0.0539. The Morgan fingerprint density at radius 1 is 1.46 bits per heavy atom. The first kappa shape index (κ1) is 9.07. The van der Waals surface area contributed by atoms with Gasteiger partial charge in [0.15, 0.2) is 0 Å². The third-order valence-corrected chi connectivity index (χ3v) is 1.29. The summed E-state index contributed by atoms with van der Waals surface area (Å²) in [6, 6.07) is 8.51. The summed E-state index contributed by atoms with van der Waals surface area (Å²) < 4.78 is 4.77. The largest absolute Gasteiger partial charge is 0.498 e. The van der Waals surface area contributed by atoms with Crippen LogP contribution in [-0.4, -0.2) is 5.97 Å². The van der Waals surface area contributed by atoms with Gasteiger partial charge in [-0.1, -0.05) is 0 Å². The normalized spacial score (nSPS) is 8.38. The Kier molecular flexibility index (Phi) is 2.87. The average molecular weight is 177 g/mol. The van der Waals surface area contributed by atoms with Gasteiger partial charge in [0.25, 0.3) is 0 Å². The Hall–Kier alpha value is -2.02. The molecule has 0 saturated carbocycles. The molecule has 0 spiro atoms. The molecular weight excluding hydrogens is 170 g/mol. The van der Waals surface area contributed by atoms with Gasteiger partial charge in [-0.3, -0.25) is 4.79 Å². The minimum Gasteiger partial charge on any atom is -0.498 e. The highest BCUT2D eigenvalue weighted by Gasteiger charge is 1.98. The van der Waals surface area contributed by atoms with Crippen molar-refractivity contribution < 1.29 is 9.53 Å². The number of hydrogen-bond donors (Lipinski definition) is 0. The van der Waals surface area contributed by atoms with Crippen molar-refractivity contribution in [3.05, 3.63) is 40.0 Å². The third-order valence-electron chi connectivity index (χ3n) is 1.29. The smallest absolute Gasteiger partial charge is 0.336 e. The van der Waals surface area contributed by atoms with E-state index in [1.807, 2.05) is 0 Å². The Morgan fingerprint density at radius 2 is 2.08 bits per heavy atom. The van der Waals surface area contributed by atoms with E-state index in [2.05, 4.69) is 11.1 Å². The zero-order chi connectivity index (χ0) is 9.68. The summed E-state index contributed by atoms with van der Waals surface area (Å²) >= 11 is 0. The van der Waals surface area contributed by atoms with E-state index in [1.54, 1.807) is 24.3 Å². The molecule has 1 rings (SSSR count). The fraction of sp³-hybridized carbons (Fsp3) is 0.111. The molecule has 0 radical (unpaired) electrons. The van der Waals surface area contributed by atoms with Gasteiger partial charge in [-0.25, -0.2) is 0 Å². The van der Waals surface area contributed by atoms with Crippen LogP contribution >= 0.6 is 0 Å². The molecule has 0 unspecified atom stereocenters. The number of carbonyl (C=O) groups excluding carboxylic acids is 1. The van der Waals surface area contributed by atoms with E-state index in [4.69, 9.17) is 4.74 Å². The topological polar surface area (TPSA) is 53.7 Å². The van der Waals surface area contributed by atoms with Crippen molar-refractivity contribution in [3.8, 4) is 11.8 Å². The Morgan fingerprint density at radius 3 is 2.54 bits per heavy atom. The van der Waals surface area contributed by atoms with Gasteiger partial charge in [-0.15, -0.1) is 0 Å². The SMILES string of the molecule is CC(=O)Oc1ccc(C#[N+][O-])cc1. The molecule has 0 amide bonds. The fourth-order valence-electron chi connectivity index (χ4n) is 0.816. The first-order chi connectivity index (χ1) is 6.22. The van der Waals surface area contributed by atoms with Gasteiger partial charge in [0.05, 0.1) is 0 Å². The van der Waals surface area contributed by atoms with Crippen LogP contribution in [0.4, 0.5) is 0 Å². The van der Waals surface area contributed by atoms with E-state index in [9.17, 15) is 10.0 Å². The van der Waals surface area contributed by atoms with E-state index in [1.165, 1.54) is 6.92 Å². The number of benzene rings is 1. The maximum atomic E-state index is 10.5. The molecule has 13 heavy (non-hydrogen) atoms. The van der Waals surface area contributed by atoms with Crippen molar-refractivity contribution in [1.29, 1.82) is 0 Å². The summed E-state index contributed by atoms with van der Waals surface area (Å²) in [5, 5.41) is 12.3. The van der Waals surface area contributed by atoms with E-state index < -0.39 is 0 Å². The van der Waals surface area contributed by atoms with Crippen molar-refractivity contribution in [2.45, 2.75) is 6.92 Å². The van der Waals surface area contributed by atoms with Crippen LogP contribution in [0.5, 0.6) is 5.75 Å². The van der Waals surface area contributed by atoms with Crippen LogP contribution in [0.2, 0.25) is 0 Å². The zero-order valence-corrected chi connectivity index (χ0v) is 6.98. The number of rotatable bonds is 1. The maximum absolute atomic E-state index is 10.5. The molecule has 0 aliphatic carbocycles. The molecule has 0 aliphatic rings. The van der Waals surface area contributed by atoms with Crippen molar-refractivity contribution in [1.82, 2.24) is 0 Å². The molecule has 4 nitrogen and oxygen atoms in total. The van der Waals surface area contributed by atoms with Crippen molar-refractivity contribution >= 4 is 5.97 Å². The molecule has 1 aromatic rings. The van der Waals surface area contributed by atoms with Gasteiger partial charge in [0.1, 0.15) is 11.3 Å². The third kappa shape index (κ3) is 2.83. The first-order valence-corrected chi connectivity index (χ1v) is 3.59. The van der Waals surface area contributed by atoms with E-state index in [0.29, 0.717) is 11.3 Å². The van der Waals surface area contributed by atoms with Crippen molar-refractivity contribution in [2.75, 3.05) is 0 Å². The van der Waals surface area contributed by atoms with Crippen LogP contribution in [-0.2, 0) is 4.79 Å². The van der Waals surface area contributed by atoms with Crippen LogP contribution < -0.4 is 4.74 Å². The highest BCUT2D eigenvalue weighted by atomic mass is 16.5. The van der Waals surface area contributed by atoms with E-state index in [0.717, 1.165) is 0 Å². The van der Waals surface area contributed by atoms with Gasteiger partial charge in [-0.2, -0.15) is 0 Å². The molecule has 0 atom stereocenters. The lowest BCUT2D eigenvalue weighted by molar-refractivity contribution is -0.131. The lowest BCUT2D eigenvalue weighted by atomic mass is 10.2. The highest BCUT2D eigenvalue weighted by molar-refractivity contribution is 5.69. The molecule has 0 N–H and O–H groups in total. The van der Waals surface area contributed by atoms with Crippen LogP contribution in [0.3, 0.4) is 0 Å². The molecule has 0 aromatic heterocycles. The van der Waals surface area contributed by atoms with Crippen LogP contribution in [0, 0.1) is 11.3 Å². The molecule has 0 heterocycles. The first-order valence-electron chi connectivity index (χ1n) is 3.59. The van der Waals surface area contributed by atoms with Gasteiger partial charge in [0, 0.05) is 11.9 Å². The summed E-state index contributed by atoms with van der Waals surface area (Å²) in [4.78, 5) is 10.5. The zero-order valence-electron chi connectivity index (χ0n) is 6.98. The molecule has 4 heteroatoms. The number of hydrogen-bond acceptors (Lipinski definition) is 3. The lowest BCUT2D eigenvalue weighted by Crippen LogP contribution is -2.00. The minimum absolute atomic E-state index is 0.380. The second-order valence-electron chi connectivity index (χ2n) is 2.32. The van der Waals surface area contributed by atoms with Gasteiger partial charge >= 0.3 is 12.0 Å². The quantitative estimate of drug-likeness (QED) is 0.373. The number of nitrogens with zero attached hydrogens (tertiary/aromatic N) is 1. The standard InChI is InChI=1S/C9H7NO3/c1-7(11)13-9-4-2-8(3-5-9)6-10-12/h2-5H,1H3. The second kappa shape index (κ2) is 4.12. The molecule has 0 aliphatic heterocycles. The summed E-state index contributed by atoms with van der Waals surface area (Å²) in [7, 11) is 0. The Balaban J connectivity index is 2.79. The van der Waals surface area contributed by atoms with Crippen LogP contribution in [0.1, 0.15) is 12.5 Å². The van der Waals surface area contributed by atoms with Crippen molar-refractivity contribution in [2.24, 2.45) is 0 Å². The molecule has 1 aromatic carbocycles. The average Bonchev–Trinajstić information content (AvgIpc) is 2.08. The van der Waals surface area contributed by atoms with Crippen molar-refractivity contribution in [3.63, 3.8) is 0 Å². The van der Waals surface area contributed by atoms with Gasteiger partial charge < -0.3 is 9.94 Å². The maximum Gasteiger partial charge on any atom is 0.336 e. The Labute approximate surface area is 75.2 Å². The summed E-state index contributed by atoms with van der Waals surface area (Å²) in [5.41, 5.74) is 0.547. The molecule has 0 fully saturated rings. The predicted octanol–water partition coefficient (Wildman–Crippen LogP) is 1.79. The number of esters is 1. The van der Waals surface area contributed by atoms with E-state index in [-0.39, 0.29) is 5.97 Å².